The molecule has 2 rings (SSSR count). The first-order valence-electron chi connectivity index (χ1n) is 8.44. The second kappa shape index (κ2) is 7.97. The predicted molar refractivity (Wildman–Crippen MR) is 100 cm³/mol. The van der Waals surface area contributed by atoms with Gasteiger partial charge in [0.05, 0.1) is 6.54 Å². The van der Waals surface area contributed by atoms with E-state index in [1.165, 1.54) is 5.56 Å². The Labute approximate surface area is 149 Å². The number of rotatable bonds is 5. The van der Waals surface area contributed by atoms with Gasteiger partial charge in [0.2, 0.25) is 5.91 Å². The van der Waals surface area contributed by atoms with Crippen LogP contribution in [0.5, 0.6) is 0 Å². The average Bonchev–Trinajstić information content (AvgIpc) is 2.59. The molecule has 0 fully saturated rings. The normalized spacial score (nSPS) is 11.0. The summed E-state index contributed by atoms with van der Waals surface area (Å²) in [4.78, 5) is 25.8. The van der Waals surface area contributed by atoms with Gasteiger partial charge in [0.1, 0.15) is 0 Å². The van der Waals surface area contributed by atoms with E-state index in [1.807, 2.05) is 18.2 Å². The monoisotopic (exact) mass is 338 g/mol. The molecule has 25 heavy (non-hydrogen) atoms. The molecule has 2 aromatic carbocycles. The summed E-state index contributed by atoms with van der Waals surface area (Å²) in [6, 6.07) is 17.2. The first-order chi connectivity index (χ1) is 11.8. The minimum absolute atomic E-state index is 0.00962. The summed E-state index contributed by atoms with van der Waals surface area (Å²) in [5.41, 5.74) is 3.00. The molecule has 2 amide bonds. The van der Waals surface area contributed by atoms with Crippen LogP contribution in [0.4, 0.5) is 0 Å². The van der Waals surface area contributed by atoms with Crippen molar-refractivity contribution in [2.45, 2.75) is 32.7 Å². The maximum atomic E-state index is 12.2. The SMILES string of the molecule is CN(Cc1ccc(C(C)(C)C)cc1)C(=O)CNC(=O)c1ccccc1. The molecule has 0 radical (unpaired) electrons. The lowest BCUT2D eigenvalue weighted by atomic mass is 9.87. The highest BCUT2D eigenvalue weighted by Gasteiger charge is 2.14. The molecule has 0 saturated carbocycles. The molecule has 132 valence electrons. The van der Waals surface area contributed by atoms with E-state index in [4.69, 9.17) is 0 Å². The van der Waals surface area contributed by atoms with Gasteiger partial charge in [-0.25, -0.2) is 0 Å². The van der Waals surface area contributed by atoms with Crippen LogP contribution >= 0.6 is 0 Å². The number of amides is 2. The van der Waals surface area contributed by atoms with Crippen LogP contribution in [0.1, 0.15) is 42.3 Å². The van der Waals surface area contributed by atoms with Gasteiger partial charge in [0.15, 0.2) is 0 Å². The van der Waals surface area contributed by atoms with Crippen molar-refractivity contribution in [3.8, 4) is 0 Å². The maximum absolute atomic E-state index is 12.2. The highest BCUT2D eigenvalue weighted by Crippen LogP contribution is 2.22. The van der Waals surface area contributed by atoms with Crippen LogP contribution in [0.15, 0.2) is 54.6 Å². The molecule has 0 unspecified atom stereocenters. The Morgan fingerprint density at radius 2 is 1.56 bits per heavy atom. The largest absolute Gasteiger partial charge is 0.343 e. The zero-order valence-corrected chi connectivity index (χ0v) is 15.4. The Hall–Kier alpha value is -2.62. The molecule has 0 aliphatic heterocycles. The van der Waals surface area contributed by atoms with Gasteiger partial charge in [0, 0.05) is 19.2 Å². The molecule has 0 bridgehead atoms. The quantitative estimate of drug-likeness (QED) is 0.909. The summed E-state index contributed by atoms with van der Waals surface area (Å²) in [6.45, 7) is 7.03. The third-order valence-electron chi connectivity index (χ3n) is 4.10. The maximum Gasteiger partial charge on any atom is 0.251 e. The summed E-state index contributed by atoms with van der Waals surface area (Å²) >= 11 is 0. The van der Waals surface area contributed by atoms with Crippen molar-refractivity contribution in [3.05, 3.63) is 71.3 Å². The Bertz CT molecular complexity index is 716. The molecule has 0 saturated heterocycles. The number of hydrogen-bond donors (Lipinski definition) is 1. The first-order valence-corrected chi connectivity index (χ1v) is 8.44. The Kier molecular flexibility index (Phi) is 5.97. The van der Waals surface area contributed by atoms with E-state index in [-0.39, 0.29) is 23.8 Å². The number of nitrogens with one attached hydrogen (secondary N) is 1. The summed E-state index contributed by atoms with van der Waals surface area (Å²) in [5.74, 6) is -0.360. The van der Waals surface area contributed by atoms with Gasteiger partial charge in [-0.2, -0.15) is 0 Å². The van der Waals surface area contributed by atoms with Crippen molar-refractivity contribution >= 4 is 11.8 Å². The summed E-state index contributed by atoms with van der Waals surface area (Å²) in [6.07, 6.45) is 0. The summed E-state index contributed by atoms with van der Waals surface area (Å²) in [5, 5.41) is 2.66. The van der Waals surface area contributed by atoms with Crippen molar-refractivity contribution in [3.63, 3.8) is 0 Å². The van der Waals surface area contributed by atoms with Gasteiger partial charge in [-0.1, -0.05) is 63.2 Å². The second-order valence-electron chi connectivity index (χ2n) is 7.25. The van der Waals surface area contributed by atoms with Gasteiger partial charge >= 0.3 is 0 Å². The van der Waals surface area contributed by atoms with E-state index in [0.29, 0.717) is 12.1 Å². The van der Waals surface area contributed by atoms with Gasteiger partial charge in [-0.3, -0.25) is 9.59 Å². The zero-order chi connectivity index (χ0) is 18.4. The summed E-state index contributed by atoms with van der Waals surface area (Å²) < 4.78 is 0. The predicted octanol–water partition coefficient (Wildman–Crippen LogP) is 3.37. The Morgan fingerprint density at radius 3 is 2.12 bits per heavy atom. The van der Waals surface area contributed by atoms with E-state index in [0.717, 1.165) is 5.56 Å². The number of likely N-dealkylation sites (N-methyl/N-ethyl adjacent to an activating group) is 1. The molecular formula is C21H26N2O2. The number of benzene rings is 2. The fourth-order valence-electron chi connectivity index (χ4n) is 2.45. The van der Waals surface area contributed by atoms with Crippen molar-refractivity contribution < 1.29 is 9.59 Å². The van der Waals surface area contributed by atoms with Crippen LogP contribution in [0, 0.1) is 0 Å². The van der Waals surface area contributed by atoms with Crippen LogP contribution in [-0.2, 0) is 16.8 Å². The minimum atomic E-state index is -0.239. The molecule has 4 heteroatoms. The van der Waals surface area contributed by atoms with E-state index in [9.17, 15) is 9.59 Å². The van der Waals surface area contributed by atoms with E-state index in [2.05, 4.69) is 38.2 Å². The van der Waals surface area contributed by atoms with E-state index < -0.39 is 0 Å². The molecule has 0 aromatic heterocycles. The van der Waals surface area contributed by atoms with Gasteiger partial charge in [-0.05, 0) is 28.7 Å². The molecule has 0 heterocycles. The molecule has 0 aliphatic rings. The van der Waals surface area contributed by atoms with Crippen molar-refractivity contribution in [2.75, 3.05) is 13.6 Å². The molecule has 4 nitrogen and oxygen atoms in total. The van der Waals surface area contributed by atoms with Gasteiger partial charge < -0.3 is 10.2 Å². The topological polar surface area (TPSA) is 49.4 Å². The molecule has 0 aliphatic carbocycles. The van der Waals surface area contributed by atoms with Crippen LogP contribution < -0.4 is 5.32 Å². The standard InChI is InChI=1S/C21H26N2O2/c1-21(2,3)18-12-10-16(11-13-18)15-23(4)19(24)14-22-20(25)17-8-6-5-7-9-17/h5-13H,14-15H2,1-4H3,(H,22,25). The third kappa shape index (κ3) is 5.45. The lowest BCUT2D eigenvalue weighted by Gasteiger charge is -2.21. The lowest BCUT2D eigenvalue weighted by Crippen LogP contribution is -2.37. The van der Waals surface area contributed by atoms with E-state index >= 15 is 0 Å². The number of carbonyl (C=O) groups excluding carboxylic acids is 2. The van der Waals surface area contributed by atoms with Gasteiger partial charge in [0.25, 0.3) is 5.91 Å². The molecule has 0 atom stereocenters. The number of hydrogen-bond acceptors (Lipinski definition) is 2. The van der Waals surface area contributed by atoms with Crippen LogP contribution in [-0.4, -0.2) is 30.3 Å². The van der Waals surface area contributed by atoms with Crippen molar-refractivity contribution in [1.82, 2.24) is 10.2 Å². The van der Waals surface area contributed by atoms with Crippen molar-refractivity contribution in [1.29, 1.82) is 0 Å². The first kappa shape index (κ1) is 18.7. The smallest absolute Gasteiger partial charge is 0.251 e. The molecule has 0 spiro atoms. The zero-order valence-electron chi connectivity index (χ0n) is 15.4. The third-order valence-corrected chi connectivity index (χ3v) is 4.10. The second-order valence-corrected chi connectivity index (χ2v) is 7.25. The van der Waals surface area contributed by atoms with Crippen LogP contribution in [0.2, 0.25) is 0 Å². The van der Waals surface area contributed by atoms with Crippen LogP contribution in [0.3, 0.4) is 0 Å². The lowest BCUT2D eigenvalue weighted by molar-refractivity contribution is -0.129. The van der Waals surface area contributed by atoms with Crippen molar-refractivity contribution in [2.24, 2.45) is 0 Å². The highest BCUT2D eigenvalue weighted by molar-refractivity contribution is 5.96. The minimum Gasteiger partial charge on any atom is -0.343 e. The summed E-state index contributed by atoms with van der Waals surface area (Å²) in [7, 11) is 1.74. The highest BCUT2D eigenvalue weighted by atomic mass is 16.2. The van der Waals surface area contributed by atoms with Gasteiger partial charge in [-0.15, -0.1) is 0 Å². The van der Waals surface area contributed by atoms with E-state index in [1.54, 1.807) is 36.2 Å². The Balaban J connectivity index is 1.87. The average molecular weight is 338 g/mol. The number of carbonyl (C=O) groups is 2. The molecule has 2 aromatic rings. The fraction of sp³-hybridized carbons (Fsp3) is 0.333. The molecule has 1 N–H and O–H groups in total. The molecular weight excluding hydrogens is 312 g/mol. The van der Waals surface area contributed by atoms with Crippen LogP contribution in [0.25, 0.3) is 0 Å². The number of nitrogens with zero attached hydrogens (tertiary/aromatic N) is 1. The Morgan fingerprint density at radius 1 is 0.960 bits per heavy atom. The fourth-order valence-corrected chi connectivity index (χ4v) is 2.45.